The number of nitrogens with one attached hydrogen (secondary N) is 2. The number of hydrogen-bond donors (Lipinski definition) is 4. The van der Waals surface area contributed by atoms with Gasteiger partial charge in [0.1, 0.15) is 10.8 Å². The largest absolute Gasteiger partial charge is 0.403 e. The van der Waals surface area contributed by atoms with Crippen molar-refractivity contribution in [3.63, 3.8) is 0 Å². The van der Waals surface area contributed by atoms with Crippen molar-refractivity contribution in [2.45, 2.75) is 52.0 Å². The summed E-state index contributed by atoms with van der Waals surface area (Å²) in [5.74, 6) is 0.0211. The van der Waals surface area contributed by atoms with Crippen molar-refractivity contribution in [3.05, 3.63) is 47.1 Å². The minimum Gasteiger partial charge on any atom is -0.403 e. The molecule has 1 saturated carbocycles. The van der Waals surface area contributed by atoms with Crippen molar-refractivity contribution in [3.8, 4) is 0 Å². The van der Waals surface area contributed by atoms with Crippen LogP contribution in [0.15, 0.2) is 41.3 Å². The second-order valence-corrected chi connectivity index (χ2v) is 6.98. The normalized spacial score (nSPS) is 14.9. The Balaban J connectivity index is 0.00000155. The molecule has 9 heteroatoms. The second kappa shape index (κ2) is 12.0. The van der Waals surface area contributed by atoms with Gasteiger partial charge in [-0.25, -0.2) is 9.37 Å². The van der Waals surface area contributed by atoms with Crippen LogP contribution in [0.2, 0.25) is 5.02 Å². The van der Waals surface area contributed by atoms with Gasteiger partial charge in [-0.05, 0) is 31.0 Å². The summed E-state index contributed by atoms with van der Waals surface area (Å²) < 4.78 is 14.0. The average Bonchev–Trinajstić information content (AvgIpc) is 2.78. The number of aliphatic imine (C=N–C) groups is 1. The van der Waals surface area contributed by atoms with Gasteiger partial charge in [0.15, 0.2) is 5.82 Å². The van der Waals surface area contributed by atoms with Gasteiger partial charge >= 0.3 is 0 Å². The van der Waals surface area contributed by atoms with Crippen molar-refractivity contribution < 1.29 is 4.39 Å². The van der Waals surface area contributed by atoms with Crippen LogP contribution < -0.4 is 22.1 Å². The monoisotopic (exact) mass is 433 g/mol. The van der Waals surface area contributed by atoms with E-state index in [1.165, 1.54) is 49.9 Å². The van der Waals surface area contributed by atoms with Crippen LogP contribution in [-0.2, 0) is 0 Å². The number of hydrogen-bond acceptors (Lipinski definition) is 7. The van der Waals surface area contributed by atoms with E-state index in [1.54, 1.807) is 6.21 Å². The summed E-state index contributed by atoms with van der Waals surface area (Å²) in [7, 11) is 0. The van der Waals surface area contributed by atoms with E-state index >= 15 is 0 Å². The minimum atomic E-state index is -0.472. The van der Waals surface area contributed by atoms with Gasteiger partial charge in [-0.15, -0.1) is 0 Å². The summed E-state index contributed by atoms with van der Waals surface area (Å²) in [5.41, 5.74) is 12.5. The van der Waals surface area contributed by atoms with Crippen LogP contribution in [0.5, 0.6) is 0 Å². The maximum Gasteiger partial charge on any atom is 0.229 e. The highest BCUT2D eigenvalue weighted by Crippen LogP contribution is 2.27. The van der Waals surface area contributed by atoms with E-state index in [2.05, 4.69) is 25.6 Å². The van der Waals surface area contributed by atoms with Crippen LogP contribution in [-0.4, -0.2) is 22.2 Å². The smallest absolute Gasteiger partial charge is 0.229 e. The maximum atomic E-state index is 14.0. The van der Waals surface area contributed by atoms with Crippen molar-refractivity contribution in [2.24, 2.45) is 10.7 Å². The summed E-state index contributed by atoms with van der Waals surface area (Å²) in [5, 5.41) is 6.07. The number of allylic oxidation sites excluding steroid dienone is 1. The zero-order valence-electron chi connectivity index (χ0n) is 17.3. The molecule has 0 saturated heterocycles. The lowest BCUT2D eigenvalue weighted by Gasteiger charge is -2.17. The van der Waals surface area contributed by atoms with Gasteiger partial charge in [-0.3, -0.25) is 4.99 Å². The molecule has 1 aromatic carbocycles. The molecule has 0 spiro atoms. The Morgan fingerprint density at radius 1 is 1.27 bits per heavy atom. The SMILES string of the molecule is CC.N/C=C(\C=NC1CCCCC1)Nc1ncc(Cl)c(Nc2cc(N)ccc2F)n1. The fourth-order valence-electron chi connectivity index (χ4n) is 2.94. The molecular formula is C21H29ClFN7. The molecule has 0 bridgehead atoms. The van der Waals surface area contributed by atoms with Crippen LogP contribution in [0.25, 0.3) is 0 Å². The van der Waals surface area contributed by atoms with Gasteiger partial charge in [0, 0.05) is 18.1 Å². The van der Waals surface area contributed by atoms with E-state index in [-0.39, 0.29) is 22.5 Å². The van der Waals surface area contributed by atoms with E-state index in [9.17, 15) is 4.39 Å². The molecule has 162 valence electrons. The van der Waals surface area contributed by atoms with Gasteiger partial charge < -0.3 is 22.1 Å². The zero-order valence-corrected chi connectivity index (χ0v) is 18.1. The summed E-state index contributed by atoms with van der Waals surface area (Å²) in [6, 6.07) is 4.52. The molecule has 0 amide bonds. The van der Waals surface area contributed by atoms with Crippen LogP contribution in [0.4, 0.5) is 27.5 Å². The molecule has 30 heavy (non-hydrogen) atoms. The van der Waals surface area contributed by atoms with Crippen molar-refractivity contribution in [1.82, 2.24) is 9.97 Å². The molecule has 0 aliphatic heterocycles. The third kappa shape index (κ3) is 6.88. The Morgan fingerprint density at radius 3 is 2.70 bits per heavy atom. The fraction of sp³-hybridized carbons (Fsp3) is 0.381. The van der Waals surface area contributed by atoms with E-state index in [0.29, 0.717) is 17.4 Å². The van der Waals surface area contributed by atoms with Crippen molar-refractivity contribution >= 4 is 41.0 Å². The Labute approximate surface area is 181 Å². The van der Waals surface area contributed by atoms with Gasteiger partial charge in [-0.1, -0.05) is 44.7 Å². The van der Waals surface area contributed by atoms with E-state index < -0.39 is 5.82 Å². The lowest BCUT2D eigenvalue weighted by atomic mass is 9.96. The number of nitrogens with zero attached hydrogens (tertiary/aromatic N) is 3. The molecule has 0 radical (unpaired) electrons. The van der Waals surface area contributed by atoms with Crippen LogP contribution in [0.3, 0.4) is 0 Å². The first kappa shape index (κ1) is 23.4. The van der Waals surface area contributed by atoms with Crippen LogP contribution in [0.1, 0.15) is 46.0 Å². The predicted octanol–water partition coefficient (Wildman–Crippen LogP) is 5.24. The average molecular weight is 434 g/mol. The molecule has 2 aromatic rings. The summed E-state index contributed by atoms with van der Waals surface area (Å²) >= 11 is 6.14. The van der Waals surface area contributed by atoms with Gasteiger partial charge in [-0.2, -0.15) is 4.98 Å². The minimum absolute atomic E-state index is 0.167. The molecule has 1 aliphatic rings. The van der Waals surface area contributed by atoms with Crippen molar-refractivity contribution in [2.75, 3.05) is 16.4 Å². The molecule has 1 heterocycles. The third-order valence-corrected chi connectivity index (χ3v) is 4.70. The Kier molecular flexibility index (Phi) is 9.34. The molecule has 1 aromatic heterocycles. The topological polar surface area (TPSA) is 114 Å². The van der Waals surface area contributed by atoms with Crippen LogP contribution >= 0.6 is 11.6 Å². The zero-order chi connectivity index (χ0) is 21.9. The first-order valence-electron chi connectivity index (χ1n) is 10.1. The third-order valence-electron chi connectivity index (χ3n) is 4.42. The fourth-order valence-corrected chi connectivity index (χ4v) is 3.08. The Hall–Kier alpha value is -2.87. The molecule has 0 atom stereocenters. The van der Waals surface area contributed by atoms with Crippen LogP contribution in [0, 0.1) is 5.82 Å². The molecule has 1 aliphatic carbocycles. The molecule has 0 unspecified atom stereocenters. The number of rotatable bonds is 6. The van der Waals surface area contributed by atoms with Gasteiger partial charge in [0.05, 0.1) is 23.6 Å². The van der Waals surface area contributed by atoms with Gasteiger partial charge in [0.25, 0.3) is 0 Å². The number of nitrogen functional groups attached to an aromatic ring is 1. The van der Waals surface area contributed by atoms with E-state index in [1.807, 2.05) is 13.8 Å². The Bertz CT molecular complexity index is 880. The molecule has 3 rings (SSSR count). The van der Waals surface area contributed by atoms with E-state index in [0.717, 1.165) is 12.8 Å². The highest BCUT2D eigenvalue weighted by molar-refractivity contribution is 6.32. The summed E-state index contributed by atoms with van der Waals surface area (Å²) in [6.07, 6.45) is 10.4. The second-order valence-electron chi connectivity index (χ2n) is 6.57. The number of benzene rings is 1. The maximum absolute atomic E-state index is 14.0. The Morgan fingerprint density at radius 2 is 2.00 bits per heavy atom. The van der Waals surface area contributed by atoms with Crippen molar-refractivity contribution in [1.29, 1.82) is 0 Å². The molecular weight excluding hydrogens is 405 g/mol. The van der Waals surface area contributed by atoms with E-state index in [4.69, 9.17) is 23.1 Å². The lowest BCUT2D eigenvalue weighted by molar-refractivity contribution is 0.444. The molecule has 1 fully saturated rings. The quantitative estimate of drug-likeness (QED) is 0.366. The number of aromatic nitrogens is 2. The van der Waals surface area contributed by atoms with Gasteiger partial charge in [0.2, 0.25) is 5.95 Å². The number of anilines is 4. The summed E-state index contributed by atoms with van der Waals surface area (Å²) in [4.78, 5) is 13.0. The standard InChI is InChI=1S/C19H23ClFN7.C2H6/c20-15-11-25-19(26-14(9-22)10-24-13-4-2-1-3-5-13)28-18(15)27-17-8-12(23)6-7-16(17)21;1-2/h6-11,13H,1-5,22-23H2,(H2,25,26,27,28);1-2H3/b14-9+,24-10?;. The molecule has 6 N–H and O–H groups in total. The molecule has 7 nitrogen and oxygen atoms in total. The first-order chi connectivity index (χ1) is 14.5. The first-order valence-corrected chi connectivity index (χ1v) is 10.5. The predicted molar refractivity (Wildman–Crippen MR) is 124 cm³/mol. The number of nitrogens with two attached hydrogens (primary N) is 2. The number of halogens is 2. The highest BCUT2D eigenvalue weighted by atomic mass is 35.5. The summed E-state index contributed by atoms with van der Waals surface area (Å²) in [6.45, 7) is 4.00. The highest BCUT2D eigenvalue weighted by Gasteiger charge is 2.12. The lowest BCUT2D eigenvalue weighted by Crippen LogP contribution is -2.12.